The summed E-state index contributed by atoms with van der Waals surface area (Å²) in [6, 6.07) is 11.3. The van der Waals surface area contributed by atoms with Crippen molar-refractivity contribution in [3.05, 3.63) is 53.3 Å². The van der Waals surface area contributed by atoms with Gasteiger partial charge in [0.2, 0.25) is 0 Å². The number of aryl methyl sites for hydroxylation is 1. The van der Waals surface area contributed by atoms with Crippen LogP contribution in [0.3, 0.4) is 0 Å². The highest BCUT2D eigenvalue weighted by Crippen LogP contribution is 2.25. The molecular weight excluding hydrogens is 342 g/mol. The van der Waals surface area contributed by atoms with Crippen LogP contribution in [0.1, 0.15) is 68.1 Å². The molecule has 2 N–H and O–H groups in total. The second kappa shape index (κ2) is 8.74. The Labute approximate surface area is 160 Å². The Morgan fingerprint density at radius 1 is 1.26 bits per heavy atom. The highest BCUT2D eigenvalue weighted by Gasteiger charge is 2.17. The average molecular weight is 369 g/mol. The van der Waals surface area contributed by atoms with Crippen molar-refractivity contribution in [2.45, 2.75) is 58.6 Å². The predicted molar refractivity (Wildman–Crippen MR) is 104 cm³/mol. The maximum absolute atomic E-state index is 12.0. The van der Waals surface area contributed by atoms with Gasteiger partial charge in [0, 0.05) is 12.7 Å². The Hall–Kier alpha value is -2.78. The van der Waals surface area contributed by atoms with E-state index in [0.29, 0.717) is 29.4 Å². The lowest BCUT2D eigenvalue weighted by Gasteiger charge is -2.18. The molecule has 6 heteroatoms. The molecule has 0 aliphatic carbocycles. The van der Waals surface area contributed by atoms with Gasteiger partial charge in [0.25, 0.3) is 0 Å². The smallest absolute Gasteiger partial charge is 0.373 e. The van der Waals surface area contributed by atoms with Crippen LogP contribution in [0.25, 0.3) is 0 Å². The number of carbonyl (C=O) groups excluding carboxylic acids is 1. The summed E-state index contributed by atoms with van der Waals surface area (Å²) in [4.78, 5) is 22.0. The Balaban J connectivity index is 2.01. The van der Waals surface area contributed by atoms with Crippen molar-refractivity contribution in [3.8, 4) is 6.07 Å². The first-order chi connectivity index (χ1) is 12.7. The molecule has 1 aromatic carbocycles. The van der Waals surface area contributed by atoms with Gasteiger partial charge in [-0.3, -0.25) is 4.89 Å². The third-order valence-electron chi connectivity index (χ3n) is 4.30. The van der Waals surface area contributed by atoms with Gasteiger partial charge in [-0.2, -0.15) is 10.1 Å². The summed E-state index contributed by atoms with van der Waals surface area (Å²) >= 11 is 0. The maximum atomic E-state index is 12.0. The number of hydrogen-bond acceptors (Lipinski definition) is 5. The van der Waals surface area contributed by atoms with Gasteiger partial charge in [-0.05, 0) is 63.3 Å². The molecule has 144 valence electrons. The Bertz CT molecular complexity index is 811. The van der Waals surface area contributed by atoms with Crippen LogP contribution in [0.2, 0.25) is 0 Å². The second-order valence-electron chi connectivity index (χ2n) is 7.51. The first-order valence-corrected chi connectivity index (χ1v) is 9.10. The molecule has 0 aliphatic rings. The van der Waals surface area contributed by atoms with Gasteiger partial charge in [-0.25, -0.2) is 4.79 Å². The highest BCUT2D eigenvalue weighted by atomic mass is 17.2. The number of nitriles is 1. The Kier molecular flexibility index (Phi) is 6.65. The molecule has 1 heterocycles. The zero-order valence-corrected chi connectivity index (χ0v) is 16.4. The van der Waals surface area contributed by atoms with Crippen molar-refractivity contribution in [2.75, 3.05) is 5.73 Å². The van der Waals surface area contributed by atoms with Crippen LogP contribution in [-0.2, 0) is 16.3 Å². The lowest BCUT2D eigenvalue weighted by Crippen LogP contribution is -2.21. The summed E-state index contributed by atoms with van der Waals surface area (Å²) in [5.74, 6) is -0.193. The molecule has 1 unspecified atom stereocenters. The van der Waals surface area contributed by atoms with Crippen molar-refractivity contribution in [1.82, 2.24) is 4.57 Å². The molecule has 2 aromatic rings. The number of aromatic nitrogens is 1. The van der Waals surface area contributed by atoms with Gasteiger partial charge in [0.15, 0.2) is 0 Å². The standard InChI is InChI=1S/C21H27N3O3/c1-5-15(10-12-24-13-11-18(23)19(24)14-22)16-6-8-17(9-7-16)20(25)26-27-21(2,3)4/h6-9,11,13,15H,5,10,12,23H2,1-4H3. The summed E-state index contributed by atoms with van der Waals surface area (Å²) in [6.07, 6.45) is 3.67. The van der Waals surface area contributed by atoms with Crippen LogP contribution in [0.15, 0.2) is 36.5 Å². The van der Waals surface area contributed by atoms with E-state index in [1.807, 2.05) is 43.7 Å². The van der Waals surface area contributed by atoms with Gasteiger partial charge < -0.3 is 10.3 Å². The quantitative estimate of drug-likeness (QED) is 0.576. The van der Waals surface area contributed by atoms with E-state index >= 15 is 0 Å². The summed E-state index contributed by atoms with van der Waals surface area (Å²) in [5, 5.41) is 9.20. The largest absolute Gasteiger partial charge is 0.396 e. The number of rotatable bonds is 7. The van der Waals surface area contributed by atoms with E-state index in [1.165, 1.54) is 0 Å². The normalized spacial score (nSPS) is 12.4. The van der Waals surface area contributed by atoms with Crippen molar-refractivity contribution in [3.63, 3.8) is 0 Å². The van der Waals surface area contributed by atoms with Gasteiger partial charge in [0.1, 0.15) is 17.4 Å². The molecule has 0 saturated carbocycles. The minimum atomic E-state index is -0.549. The molecule has 0 bridgehead atoms. The Morgan fingerprint density at radius 3 is 2.48 bits per heavy atom. The SMILES string of the molecule is CCC(CCn1ccc(N)c1C#N)c1ccc(C(=O)OOC(C)(C)C)cc1. The summed E-state index contributed by atoms with van der Waals surface area (Å²) in [5.41, 5.74) is 7.85. The fourth-order valence-electron chi connectivity index (χ4n) is 2.81. The number of hydrogen-bond donors (Lipinski definition) is 1. The third kappa shape index (κ3) is 5.60. The number of nitrogen functional groups attached to an aromatic ring is 1. The van der Waals surface area contributed by atoms with Gasteiger partial charge in [0.05, 0.1) is 11.3 Å². The van der Waals surface area contributed by atoms with Crippen LogP contribution in [0.5, 0.6) is 0 Å². The van der Waals surface area contributed by atoms with Crippen LogP contribution in [-0.4, -0.2) is 16.1 Å². The molecule has 2 rings (SSSR count). The molecule has 0 amide bonds. The van der Waals surface area contributed by atoms with Gasteiger partial charge in [-0.15, -0.1) is 0 Å². The van der Waals surface area contributed by atoms with Crippen LogP contribution < -0.4 is 5.73 Å². The van der Waals surface area contributed by atoms with E-state index in [1.54, 1.807) is 18.2 Å². The van der Waals surface area contributed by atoms with E-state index < -0.39 is 11.6 Å². The average Bonchev–Trinajstić information content (AvgIpc) is 2.99. The number of carbonyl (C=O) groups is 1. The number of benzene rings is 1. The Morgan fingerprint density at radius 2 is 1.93 bits per heavy atom. The molecule has 6 nitrogen and oxygen atoms in total. The van der Waals surface area contributed by atoms with Gasteiger partial charge >= 0.3 is 5.97 Å². The van der Waals surface area contributed by atoms with E-state index in [0.717, 1.165) is 18.4 Å². The zero-order chi connectivity index (χ0) is 20.0. The first-order valence-electron chi connectivity index (χ1n) is 9.10. The summed E-state index contributed by atoms with van der Waals surface area (Å²) in [6.45, 7) is 8.27. The molecule has 27 heavy (non-hydrogen) atoms. The van der Waals surface area contributed by atoms with Crippen LogP contribution >= 0.6 is 0 Å². The molecule has 0 fully saturated rings. The summed E-state index contributed by atoms with van der Waals surface area (Å²) in [7, 11) is 0. The molecule has 0 saturated heterocycles. The van der Waals surface area contributed by atoms with Crippen molar-refractivity contribution < 1.29 is 14.6 Å². The predicted octanol–water partition coefficient (Wildman–Crippen LogP) is 4.41. The topological polar surface area (TPSA) is 90.3 Å². The molecule has 1 aromatic heterocycles. The van der Waals surface area contributed by atoms with Crippen molar-refractivity contribution in [2.24, 2.45) is 0 Å². The third-order valence-corrected chi connectivity index (χ3v) is 4.30. The molecule has 1 atom stereocenters. The lowest BCUT2D eigenvalue weighted by atomic mass is 9.92. The number of nitrogens with zero attached hydrogens (tertiary/aromatic N) is 2. The van der Waals surface area contributed by atoms with Crippen molar-refractivity contribution in [1.29, 1.82) is 5.26 Å². The highest BCUT2D eigenvalue weighted by molar-refractivity contribution is 5.88. The number of nitrogens with two attached hydrogens (primary N) is 1. The number of anilines is 1. The minimum Gasteiger partial charge on any atom is -0.396 e. The molecule has 0 aliphatic heterocycles. The van der Waals surface area contributed by atoms with E-state index in [4.69, 9.17) is 15.5 Å². The van der Waals surface area contributed by atoms with Crippen molar-refractivity contribution >= 4 is 11.7 Å². The zero-order valence-electron chi connectivity index (χ0n) is 16.4. The fourth-order valence-corrected chi connectivity index (χ4v) is 2.81. The molecular formula is C21H27N3O3. The lowest BCUT2D eigenvalue weighted by molar-refractivity contribution is -0.301. The molecule has 0 spiro atoms. The van der Waals surface area contributed by atoms with E-state index in [-0.39, 0.29) is 0 Å². The monoisotopic (exact) mass is 369 g/mol. The first kappa shape index (κ1) is 20.5. The maximum Gasteiger partial charge on any atom is 0.373 e. The second-order valence-corrected chi connectivity index (χ2v) is 7.51. The van der Waals surface area contributed by atoms with Crippen LogP contribution in [0, 0.1) is 11.3 Å². The van der Waals surface area contributed by atoms with Gasteiger partial charge in [-0.1, -0.05) is 19.1 Å². The van der Waals surface area contributed by atoms with E-state index in [2.05, 4.69) is 13.0 Å². The van der Waals surface area contributed by atoms with Crippen LogP contribution in [0.4, 0.5) is 5.69 Å². The minimum absolute atomic E-state index is 0.316. The van der Waals surface area contributed by atoms with E-state index in [9.17, 15) is 10.1 Å². The molecule has 0 radical (unpaired) electrons. The summed E-state index contributed by atoms with van der Waals surface area (Å²) < 4.78 is 1.88. The fraction of sp³-hybridized carbons (Fsp3) is 0.429.